The predicted octanol–water partition coefficient (Wildman–Crippen LogP) is 9.91. The van der Waals surface area contributed by atoms with Gasteiger partial charge >= 0.3 is 12.4 Å². The first-order valence-electron chi connectivity index (χ1n) is 13.1. The second-order valence-electron chi connectivity index (χ2n) is 10.7. The summed E-state index contributed by atoms with van der Waals surface area (Å²) in [5.74, 6) is -1.81. The van der Waals surface area contributed by atoms with E-state index < -0.39 is 57.7 Å². The van der Waals surface area contributed by atoms with Gasteiger partial charge in [-0.2, -0.15) is 26.3 Å². The van der Waals surface area contributed by atoms with Crippen molar-refractivity contribution in [2.75, 3.05) is 7.11 Å². The van der Waals surface area contributed by atoms with Crippen LogP contribution < -0.4 is 4.74 Å². The van der Waals surface area contributed by atoms with Gasteiger partial charge in [-0.05, 0) is 77.4 Å². The summed E-state index contributed by atoms with van der Waals surface area (Å²) < 4.78 is 116. The number of benzene rings is 3. The van der Waals surface area contributed by atoms with Crippen molar-refractivity contribution in [1.82, 2.24) is 4.90 Å². The predicted molar refractivity (Wildman–Crippen MR) is 142 cm³/mol. The van der Waals surface area contributed by atoms with Crippen LogP contribution in [-0.2, 0) is 12.4 Å². The quantitative estimate of drug-likeness (QED) is 0.268. The summed E-state index contributed by atoms with van der Waals surface area (Å²) in [6.07, 6.45) is -9.04. The molecule has 3 aromatic rings. The monoisotopic (exact) mass is 615 g/mol. The lowest BCUT2D eigenvalue weighted by molar-refractivity contribution is -0.138. The van der Waals surface area contributed by atoms with Crippen LogP contribution in [0.25, 0.3) is 11.1 Å². The standard InChI is InChI=1S/C30H25F8NO2S/c1-14(2)20-12-22(26(41-3)13-23(20)32)19-5-4-16(29(33,34)35)11-21(19)24-6-7-25-27(42-28(40)39(24)25)15-8-17(30(36,37)38)10-18(31)9-15/h4-5,8-14,24-25,27H,6-7H2,1-3H3/t24-,25?,27?/m0/s1. The molecule has 12 heteroatoms. The van der Waals surface area contributed by atoms with Gasteiger partial charge in [-0.1, -0.05) is 31.7 Å². The summed E-state index contributed by atoms with van der Waals surface area (Å²) in [5, 5.41) is -1.40. The number of thioether (sulfide) groups is 1. The topological polar surface area (TPSA) is 29.5 Å². The number of ether oxygens (including phenoxy) is 1. The molecular formula is C30H25F8NO2S. The van der Waals surface area contributed by atoms with E-state index in [0.29, 0.717) is 22.8 Å². The fourth-order valence-corrected chi connectivity index (χ4v) is 7.13. The first-order valence-corrected chi connectivity index (χ1v) is 13.9. The molecule has 0 spiro atoms. The number of halogens is 8. The Morgan fingerprint density at radius 3 is 2.19 bits per heavy atom. The number of alkyl halides is 6. The maximum Gasteiger partial charge on any atom is 0.416 e. The molecule has 3 aromatic carbocycles. The van der Waals surface area contributed by atoms with Crippen LogP contribution in [0.1, 0.15) is 71.7 Å². The number of rotatable bonds is 5. The van der Waals surface area contributed by atoms with Gasteiger partial charge in [0.05, 0.1) is 29.5 Å². The van der Waals surface area contributed by atoms with Crippen molar-refractivity contribution in [3.8, 4) is 16.9 Å². The largest absolute Gasteiger partial charge is 0.496 e. The fourth-order valence-electron chi connectivity index (χ4n) is 5.84. The van der Waals surface area contributed by atoms with Crippen molar-refractivity contribution in [2.24, 2.45) is 0 Å². The number of amides is 1. The van der Waals surface area contributed by atoms with Gasteiger partial charge in [-0.25, -0.2) is 8.78 Å². The zero-order chi connectivity index (χ0) is 30.7. The van der Waals surface area contributed by atoms with E-state index in [4.69, 9.17) is 4.74 Å². The molecule has 1 amide bonds. The SMILES string of the molecule is COc1cc(F)c(C(C)C)cc1-c1ccc(C(F)(F)F)cc1[C@@H]1CCC2C(c3cc(F)cc(C(F)(F)F)c3)SC(=O)N21. The van der Waals surface area contributed by atoms with E-state index in [1.54, 1.807) is 13.8 Å². The molecule has 0 aromatic heterocycles. The Bertz CT molecular complexity index is 1530. The molecule has 5 rings (SSSR count). The number of nitrogens with zero attached hydrogens (tertiary/aromatic N) is 1. The molecule has 0 aliphatic carbocycles. The molecule has 2 aliphatic heterocycles. The molecule has 2 unspecified atom stereocenters. The van der Waals surface area contributed by atoms with Gasteiger partial charge in [-0.15, -0.1) is 0 Å². The summed E-state index contributed by atoms with van der Waals surface area (Å²) in [5.41, 5.74) is -1.06. The molecule has 0 bridgehead atoms. The molecule has 0 radical (unpaired) electrons. The van der Waals surface area contributed by atoms with Crippen molar-refractivity contribution >= 4 is 17.0 Å². The van der Waals surface area contributed by atoms with Crippen LogP contribution in [-0.4, -0.2) is 23.3 Å². The van der Waals surface area contributed by atoms with Crippen LogP contribution in [0.15, 0.2) is 48.5 Å². The lowest BCUT2D eigenvalue weighted by Crippen LogP contribution is -2.31. The van der Waals surface area contributed by atoms with Crippen molar-refractivity contribution in [2.45, 2.75) is 62.3 Å². The maximum absolute atomic E-state index is 14.8. The highest BCUT2D eigenvalue weighted by atomic mass is 32.2. The van der Waals surface area contributed by atoms with Crippen LogP contribution in [0.4, 0.5) is 39.9 Å². The third-order valence-electron chi connectivity index (χ3n) is 7.76. The molecule has 0 N–H and O–H groups in total. The summed E-state index contributed by atoms with van der Waals surface area (Å²) in [4.78, 5) is 14.7. The molecule has 2 heterocycles. The van der Waals surface area contributed by atoms with Gasteiger partial charge in [0.2, 0.25) is 0 Å². The molecule has 2 fully saturated rings. The fraction of sp³-hybridized carbons (Fsp3) is 0.367. The average molecular weight is 616 g/mol. The Balaban J connectivity index is 1.62. The zero-order valence-electron chi connectivity index (χ0n) is 22.5. The van der Waals surface area contributed by atoms with Crippen molar-refractivity contribution in [3.05, 3.63) is 88.0 Å². The second kappa shape index (κ2) is 10.8. The normalized spacial score (nSPS) is 20.9. The van der Waals surface area contributed by atoms with E-state index in [1.807, 2.05) is 0 Å². The minimum absolute atomic E-state index is 0.0279. The number of fused-ring (bicyclic) bond motifs is 1. The summed E-state index contributed by atoms with van der Waals surface area (Å²) in [6, 6.07) is 6.37. The highest BCUT2D eigenvalue weighted by molar-refractivity contribution is 8.14. The van der Waals surface area contributed by atoms with E-state index in [1.165, 1.54) is 30.2 Å². The van der Waals surface area contributed by atoms with Crippen LogP contribution >= 0.6 is 11.8 Å². The molecule has 2 saturated heterocycles. The first kappa shape index (κ1) is 30.2. The van der Waals surface area contributed by atoms with E-state index in [0.717, 1.165) is 36.0 Å². The Morgan fingerprint density at radius 1 is 0.881 bits per heavy atom. The average Bonchev–Trinajstić information content (AvgIpc) is 3.48. The maximum atomic E-state index is 14.8. The molecule has 0 saturated carbocycles. The van der Waals surface area contributed by atoms with Gasteiger partial charge in [0.1, 0.15) is 17.4 Å². The van der Waals surface area contributed by atoms with Gasteiger partial charge in [-0.3, -0.25) is 4.79 Å². The molecule has 224 valence electrons. The summed E-state index contributed by atoms with van der Waals surface area (Å²) >= 11 is 0.721. The van der Waals surface area contributed by atoms with Gasteiger partial charge in [0.15, 0.2) is 0 Å². The number of carbonyl (C=O) groups is 1. The Hall–Kier alpha value is -3.28. The minimum Gasteiger partial charge on any atom is -0.496 e. The smallest absolute Gasteiger partial charge is 0.416 e. The van der Waals surface area contributed by atoms with E-state index in [2.05, 4.69) is 0 Å². The third-order valence-corrected chi connectivity index (χ3v) is 9.01. The van der Waals surface area contributed by atoms with E-state index in [9.17, 15) is 39.9 Å². The number of methoxy groups -OCH3 is 1. The minimum atomic E-state index is -4.81. The van der Waals surface area contributed by atoms with Crippen molar-refractivity contribution < 1.29 is 44.7 Å². The Labute approximate surface area is 240 Å². The number of hydrogen-bond donors (Lipinski definition) is 0. The highest BCUT2D eigenvalue weighted by Gasteiger charge is 2.50. The Morgan fingerprint density at radius 2 is 1.57 bits per heavy atom. The molecule has 3 nitrogen and oxygen atoms in total. The number of hydrogen-bond acceptors (Lipinski definition) is 3. The van der Waals surface area contributed by atoms with E-state index in [-0.39, 0.29) is 35.6 Å². The second-order valence-corrected chi connectivity index (χ2v) is 11.8. The van der Waals surface area contributed by atoms with Gasteiger partial charge < -0.3 is 9.64 Å². The third kappa shape index (κ3) is 5.45. The van der Waals surface area contributed by atoms with Crippen molar-refractivity contribution in [1.29, 1.82) is 0 Å². The van der Waals surface area contributed by atoms with Crippen LogP contribution in [0.3, 0.4) is 0 Å². The van der Waals surface area contributed by atoms with Gasteiger partial charge in [0.25, 0.3) is 5.24 Å². The summed E-state index contributed by atoms with van der Waals surface area (Å²) in [7, 11) is 1.31. The zero-order valence-corrected chi connectivity index (χ0v) is 23.4. The van der Waals surface area contributed by atoms with Crippen molar-refractivity contribution in [3.63, 3.8) is 0 Å². The Kier molecular flexibility index (Phi) is 7.74. The summed E-state index contributed by atoms with van der Waals surface area (Å²) in [6.45, 7) is 3.53. The number of carbonyl (C=O) groups excluding carboxylic acids is 1. The van der Waals surface area contributed by atoms with E-state index >= 15 is 0 Å². The molecule has 3 atom stereocenters. The van der Waals surface area contributed by atoms with Gasteiger partial charge in [0, 0.05) is 17.7 Å². The first-order chi connectivity index (χ1) is 19.6. The van der Waals surface area contributed by atoms with Crippen LogP contribution in [0, 0.1) is 11.6 Å². The van der Waals surface area contributed by atoms with Crippen LogP contribution in [0.5, 0.6) is 5.75 Å². The molecule has 2 aliphatic rings. The lowest BCUT2D eigenvalue weighted by Gasteiger charge is -2.28. The molecule has 42 heavy (non-hydrogen) atoms. The highest BCUT2D eigenvalue weighted by Crippen LogP contribution is 2.55. The lowest BCUT2D eigenvalue weighted by atomic mass is 9.89. The molecular weight excluding hydrogens is 590 g/mol. The van der Waals surface area contributed by atoms with Crippen LogP contribution in [0.2, 0.25) is 0 Å².